The Bertz CT molecular complexity index is 639. The fourth-order valence-corrected chi connectivity index (χ4v) is 3.84. The molecule has 0 aliphatic carbocycles. The predicted octanol–water partition coefficient (Wildman–Crippen LogP) is -7.57. The molecule has 3 aliphatic rings. The van der Waals surface area contributed by atoms with Crippen molar-refractivity contribution in [2.45, 2.75) is 92.1 Å². The smallest absolute Gasteiger partial charge is 0.186 e. The minimum absolute atomic E-state index is 0.570. The standard InChI is InChI=1S/C18H32O16/c19-1-4-7(20)11(24)14(27)17(33-4)31-3-6-9(22)12(25)15(28)18(34-6)30-2-5-8(21)10(23)13(26)16(29)32-5/h4-29H,1-3H2/t4-,5-,6-,7+,8-,9+,10+,11+,12+,13-,14-,15-,16?,17+,18+/m1/s1. The topological polar surface area (TPSA) is 269 Å². The molecule has 3 rings (SSSR count). The molecule has 3 saturated heterocycles. The Hall–Kier alpha value is -0.640. The van der Waals surface area contributed by atoms with Gasteiger partial charge in [-0.2, -0.15) is 0 Å². The minimum Gasteiger partial charge on any atom is -0.394 e. The van der Waals surface area contributed by atoms with Crippen LogP contribution in [0.1, 0.15) is 0 Å². The highest BCUT2D eigenvalue weighted by Crippen LogP contribution is 2.27. The summed E-state index contributed by atoms with van der Waals surface area (Å²) in [5.74, 6) is 0. The van der Waals surface area contributed by atoms with Crippen LogP contribution in [0.25, 0.3) is 0 Å². The first kappa shape index (κ1) is 27.9. The third-order valence-corrected chi connectivity index (χ3v) is 6.05. The number of ether oxygens (including phenoxy) is 5. The molecular weight excluding hydrogens is 472 g/mol. The van der Waals surface area contributed by atoms with E-state index in [-0.39, 0.29) is 0 Å². The molecule has 16 heteroatoms. The lowest BCUT2D eigenvalue weighted by molar-refractivity contribution is -0.340. The van der Waals surface area contributed by atoms with E-state index >= 15 is 0 Å². The molecule has 0 spiro atoms. The van der Waals surface area contributed by atoms with Gasteiger partial charge in [0.15, 0.2) is 18.9 Å². The highest BCUT2D eigenvalue weighted by atomic mass is 16.7. The summed E-state index contributed by atoms with van der Waals surface area (Å²) >= 11 is 0. The fraction of sp³-hybridized carbons (Fsp3) is 1.00. The zero-order valence-corrected chi connectivity index (χ0v) is 17.7. The Morgan fingerprint density at radius 2 is 0.824 bits per heavy atom. The Morgan fingerprint density at radius 3 is 1.29 bits per heavy atom. The normalized spacial score (nSPS) is 52.5. The maximum absolute atomic E-state index is 10.2. The molecule has 15 atom stereocenters. The van der Waals surface area contributed by atoms with Gasteiger partial charge in [-0.25, -0.2) is 0 Å². The van der Waals surface area contributed by atoms with Crippen molar-refractivity contribution in [2.24, 2.45) is 0 Å². The first-order valence-corrected chi connectivity index (χ1v) is 10.6. The van der Waals surface area contributed by atoms with E-state index < -0.39 is 112 Å². The van der Waals surface area contributed by atoms with Crippen molar-refractivity contribution in [3.8, 4) is 0 Å². The average Bonchev–Trinajstić information content (AvgIpc) is 2.82. The molecule has 0 bridgehead atoms. The van der Waals surface area contributed by atoms with Crippen LogP contribution in [0.5, 0.6) is 0 Å². The van der Waals surface area contributed by atoms with Crippen LogP contribution in [-0.2, 0) is 23.7 Å². The first-order valence-electron chi connectivity index (χ1n) is 10.6. The summed E-state index contributed by atoms with van der Waals surface area (Å²) in [7, 11) is 0. The number of hydrogen-bond acceptors (Lipinski definition) is 16. The van der Waals surface area contributed by atoms with Crippen LogP contribution in [0.15, 0.2) is 0 Å². The summed E-state index contributed by atoms with van der Waals surface area (Å²) in [4.78, 5) is 0. The van der Waals surface area contributed by atoms with Crippen LogP contribution in [0, 0.1) is 0 Å². The van der Waals surface area contributed by atoms with Gasteiger partial charge in [0, 0.05) is 0 Å². The Morgan fingerprint density at radius 1 is 0.441 bits per heavy atom. The first-order chi connectivity index (χ1) is 16.0. The van der Waals surface area contributed by atoms with Gasteiger partial charge in [0.05, 0.1) is 19.8 Å². The zero-order valence-electron chi connectivity index (χ0n) is 17.7. The molecular formula is C18H32O16. The van der Waals surface area contributed by atoms with E-state index in [4.69, 9.17) is 23.7 Å². The van der Waals surface area contributed by atoms with Gasteiger partial charge >= 0.3 is 0 Å². The van der Waals surface area contributed by atoms with E-state index in [1.807, 2.05) is 0 Å². The third kappa shape index (κ3) is 5.68. The van der Waals surface area contributed by atoms with Gasteiger partial charge in [-0.3, -0.25) is 0 Å². The van der Waals surface area contributed by atoms with Crippen LogP contribution >= 0.6 is 0 Å². The van der Waals surface area contributed by atoms with Crippen molar-refractivity contribution in [1.82, 2.24) is 0 Å². The zero-order chi connectivity index (χ0) is 25.3. The van der Waals surface area contributed by atoms with Crippen molar-refractivity contribution in [3.05, 3.63) is 0 Å². The van der Waals surface area contributed by atoms with Crippen LogP contribution in [0.2, 0.25) is 0 Å². The number of aliphatic hydroxyl groups is 11. The summed E-state index contributed by atoms with van der Waals surface area (Å²) < 4.78 is 26.1. The van der Waals surface area contributed by atoms with Gasteiger partial charge in [0.2, 0.25) is 0 Å². The van der Waals surface area contributed by atoms with Crippen LogP contribution in [0.4, 0.5) is 0 Å². The molecule has 3 aliphatic heterocycles. The number of hydrogen-bond donors (Lipinski definition) is 11. The van der Waals surface area contributed by atoms with Crippen LogP contribution in [0.3, 0.4) is 0 Å². The quantitative estimate of drug-likeness (QED) is 0.154. The number of rotatable bonds is 7. The molecule has 1 unspecified atom stereocenters. The Labute approximate surface area is 192 Å². The second-order valence-electron chi connectivity index (χ2n) is 8.42. The largest absolute Gasteiger partial charge is 0.394 e. The Kier molecular flexibility index (Phi) is 9.54. The monoisotopic (exact) mass is 504 g/mol. The lowest BCUT2D eigenvalue weighted by atomic mass is 9.98. The fourth-order valence-electron chi connectivity index (χ4n) is 3.84. The van der Waals surface area contributed by atoms with Crippen LogP contribution in [-0.4, -0.2) is 168 Å². The molecule has 0 amide bonds. The van der Waals surface area contributed by atoms with Gasteiger partial charge in [0.1, 0.15) is 73.2 Å². The summed E-state index contributed by atoms with van der Waals surface area (Å²) in [6.07, 6.45) is -24.4. The van der Waals surface area contributed by atoms with E-state index in [1.54, 1.807) is 0 Å². The molecule has 200 valence electrons. The molecule has 3 heterocycles. The average molecular weight is 504 g/mol. The molecule has 0 radical (unpaired) electrons. The lowest BCUT2D eigenvalue weighted by Crippen LogP contribution is -2.62. The summed E-state index contributed by atoms with van der Waals surface area (Å²) in [6.45, 7) is -1.84. The SMILES string of the molecule is OC[C@H]1O[C@H](OC[C@H]2O[C@H](OC[C@H]3OC(O)[C@H](O)[C@@H](O)[C@@H]3O)[C@H](O)[C@@H](O)[C@H]2O)[C@H](O)[C@@H](O)[C@H]1O. The Balaban J connectivity index is 1.58. The second kappa shape index (κ2) is 11.6. The van der Waals surface area contributed by atoms with Crippen molar-refractivity contribution in [2.75, 3.05) is 19.8 Å². The summed E-state index contributed by atoms with van der Waals surface area (Å²) in [5, 5.41) is 108. The van der Waals surface area contributed by atoms with E-state index in [2.05, 4.69) is 0 Å². The minimum atomic E-state index is -1.82. The number of aliphatic hydroxyl groups excluding tert-OH is 11. The molecule has 34 heavy (non-hydrogen) atoms. The summed E-state index contributed by atoms with van der Waals surface area (Å²) in [6, 6.07) is 0. The maximum atomic E-state index is 10.2. The van der Waals surface area contributed by atoms with Crippen molar-refractivity contribution in [3.63, 3.8) is 0 Å². The lowest BCUT2D eigenvalue weighted by Gasteiger charge is -2.43. The van der Waals surface area contributed by atoms with Gasteiger partial charge in [-0.05, 0) is 0 Å². The molecule has 0 aromatic rings. The third-order valence-electron chi connectivity index (χ3n) is 6.05. The van der Waals surface area contributed by atoms with Crippen molar-refractivity contribution < 1.29 is 79.9 Å². The maximum Gasteiger partial charge on any atom is 0.186 e. The van der Waals surface area contributed by atoms with Gasteiger partial charge < -0.3 is 79.9 Å². The van der Waals surface area contributed by atoms with Gasteiger partial charge in [-0.15, -0.1) is 0 Å². The van der Waals surface area contributed by atoms with Gasteiger partial charge in [0.25, 0.3) is 0 Å². The molecule has 16 nitrogen and oxygen atoms in total. The predicted molar refractivity (Wildman–Crippen MR) is 101 cm³/mol. The second-order valence-corrected chi connectivity index (χ2v) is 8.42. The molecule has 0 aromatic heterocycles. The highest BCUT2D eigenvalue weighted by Gasteiger charge is 2.48. The van der Waals surface area contributed by atoms with Crippen molar-refractivity contribution in [1.29, 1.82) is 0 Å². The van der Waals surface area contributed by atoms with Gasteiger partial charge in [-0.1, -0.05) is 0 Å². The van der Waals surface area contributed by atoms with E-state index in [0.717, 1.165) is 0 Å². The molecule has 11 N–H and O–H groups in total. The van der Waals surface area contributed by atoms with E-state index in [1.165, 1.54) is 0 Å². The molecule has 0 aromatic carbocycles. The molecule has 0 saturated carbocycles. The molecule has 3 fully saturated rings. The summed E-state index contributed by atoms with van der Waals surface area (Å²) in [5.41, 5.74) is 0. The van der Waals surface area contributed by atoms with E-state index in [9.17, 15) is 56.2 Å². The van der Waals surface area contributed by atoms with E-state index in [0.29, 0.717) is 0 Å². The van der Waals surface area contributed by atoms with Crippen LogP contribution < -0.4 is 0 Å². The van der Waals surface area contributed by atoms with Crippen molar-refractivity contribution >= 4 is 0 Å². The highest BCUT2D eigenvalue weighted by molar-refractivity contribution is 4.92.